The highest BCUT2D eigenvalue weighted by atomic mass is 32.2. The zero-order valence-electron chi connectivity index (χ0n) is 17.0. The minimum atomic E-state index is -3.52. The molecule has 1 saturated carbocycles. The SMILES string of the molecule is CN(CC1(c2c[nH]c3ccccc23)CC1)S(=O)(=O)c1ccc(C(C)(C)C)cc1. The highest BCUT2D eigenvalue weighted by Crippen LogP contribution is 2.51. The Bertz CT molecular complexity index is 1100. The van der Waals surface area contributed by atoms with Gasteiger partial charge in [-0.2, -0.15) is 0 Å². The van der Waals surface area contributed by atoms with Gasteiger partial charge in [0.1, 0.15) is 0 Å². The molecule has 0 aliphatic heterocycles. The Kier molecular flexibility index (Phi) is 4.43. The van der Waals surface area contributed by atoms with Crippen LogP contribution in [0, 0.1) is 0 Å². The maximum Gasteiger partial charge on any atom is 0.242 e. The van der Waals surface area contributed by atoms with Crippen molar-refractivity contribution in [3.8, 4) is 0 Å². The van der Waals surface area contributed by atoms with Gasteiger partial charge in [0.05, 0.1) is 4.90 Å². The molecular weight excluding hydrogens is 368 g/mol. The van der Waals surface area contributed by atoms with Gasteiger partial charge in [-0.1, -0.05) is 51.1 Å². The summed E-state index contributed by atoms with van der Waals surface area (Å²) in [5, 5.41) is 1.19. The molecule has 1 heterocycles. The number of fused-ring (bicyclic) bond motifs is 1. The second-order valence-corrected chi connectivity index (χ2v) is 11.1. The van der Waals surface area contributed by atoms with E-state index in [2.05, 4.69) is 44.1 Å². The molecule has 1 aliphatic rings. The number of aromatic amines is 1. The first kappa shape index (κ1) is 19.2. The van der Waals surface area contributed by atoms with E-state index in [1.54, 1.807) is 19.2 Å². The van der Waals surface area contributed by atoms with E-state index in [9.17, 15) is 8.42 Å². The van der Waals surface area contributed by atoms with E-state index in [1.165, 1.54) is 15.3 Å². The minimum Gasteiger partial charge on any atom is -0.361 e. The number of hydrogen-bond donors (Lipinski definition) is 1. The standard InChI is InChI=1S/C23H28N2O2S/c1-22(2,3)17-9-11-18(12-10-17)28(26,27)25(4)16-23(13-14-23)20-15-24-21-8-6-5-7-19(20)21/h5-12,15,24H,13-14,16H2,1-4H3. The minimum absolute atomic E-state index is 0.00159. The molecule has 0 atom stereocenters. The fourth-order valence-corrected chi connectivity index (χ4v) is 5.25. The van der Waals surface area contributed by atoms with Crippen LogP contribution < -0.4 is 0 Å². The average Bonchev–Trinajstić information content (AvgIpc) is 3.29. The first-order valence-electron chi connectivity index (χ1n) is 9.77. The van der Waals surface area contributed by atoms with Crippen LogP contribution in [0.15, 0.2) is 59.6 Å². The molecule has 28 heavy (non-hydrogen) atoms. The highest BCUT2D eigenvalue weighted by molar-refractivity contribution is 7.89. The van der Waals surface area contributed by atoms with Crippen molar-refractivity contribution in [1.29, 1.82) is 0 Å². The van der Waals surface area contributed by atoms with Crippen molar-refractivity contribution in [1.82, 2.24) is 9.29 Å². The van der Waals surface area contributed by atoms with Crippen molar-refractivity contribution in [2.45, 2.75) is 49.3 Å². The highest BCUT2D eigenvalue weighted by Gasteiger charge is 2.48. The van der Waals surface area contributed by atoms with Gasteiger partial charge in [0.15, 0.2) is 0 Å². The third-order valence-electron chi connectivity index (χ3n) is 5.97. The van der Waals surface area contributed by atoms with Gasteiger partial charge in [-0.3, -0.25) is 0 Å². The summed E-state index contributed by atoms with van der Waals surface area (Å²) in [5.74, 6) is 0. The number of nitrogens with zero attached hydrogens (tertiary/aromatic N) is 1. The molecule has 0 radical (unpaired) electrons. The van der Waals surface area contributed by atoms with Crippen molar-refractivity contribution < 1.29 is 8.42 Å². The maximum atomic E-state index is 13.1. The predicted molar refractivity (Wildman–Crippen MR) is 114 cm³/mol. The zero-order valence-corrected chi connectivity index (χ0v) is 17.8. The third-order valence-corrected chi connectivity index (χ3v) is 7.79. The third kappa shape index (κ3) is 3.27. The maximum absolute atomic E-state index is 13.1. The number of benzene rings is 2. The van der Waals surface area contributed by atoms with Gasteiger partial charge in [0, 0.05) is 36.1 Å². The van der Waals surface area contributed by atoms with E-state index in [1.807, 2.05) is 24.3 Å². The van der Waals surface area contributed by atoms with E-state index < -0.39 is 10.0 Å². The Morgan fingerprint density at radius 1 is 1.04 bits per heavy atom. The van der Waals surface area contributed by atoms with Gasteiger partial charge in [0.25, 0.3) is 0 Å². The molecule has 148 valence electrons. The molecule has 1 N–H and O–H groups in total. The summed E-state index contributed by atoms with van der Waals surface area (Å²) in [6, 6.07) is 15.5. The van der Waals surface area contributed by atoms with Gasteiger partial charge < -0.3 is 4.98 Å². The van der Waals surface area contributed by atoms with Gasteiger partial charge >= 0.3 is 0 Å². The van der Waals surface area contributed by atoms with E-state index in [-0.39, 0.29) is 10.8 Å². The van der Waals surface area contributed by atoms with E-state index in [4.69, 9.17) is 0 Å². The average molecular weight is 397 g/mol. The summed E-state index contributed by atoms with van der Waals surface area (Å²) >= 11 is 0. The Labute approximate surface area is 167 Å². The van der Waals surface area contributed by atoms with Crippen molar-refractivity contribution in [3.63, 3.8) is 0 Å². The largest absolute Gasteiger partial charge is 0.361 e. The topological polar surface area (TPSA) is 53.2 Å². The summed E-state index contributed by atoms with van der Waals surface area (Å²) < 4.78 is 27.8. The van der Waals surface area contributed by atoms with E-state index >= 15 is 0 Å². The first-order chi connectivity index (χ1) is 13.1. The second-order valence-electron chi connectivity index (χ2n) is 9.06. The lowest BCUT2D eigenvalue weighted by atomic mass is 9.87. The molecule has 4 rings (SSSR count). The number of aromatic nitrogens is 1. The van der Waals surface area contributed by atoms with Crippen molar-refractivity contribution in [2.75, 3.05) is 13.6 Å². The van der Waals surface area contributed by atoms with Gasteiger partial charge in [-0.15, -0.1) is 0 Å². The molecule has 4 nitrogen and oxygen atoms in total. The van der Waals surface area contributed by atoms with Crippen molar-refractivity contribution in [3.05, 3.63) is 65.9 Å². The molecule has 3 aromatic rings. The summed E-state index contributed by atoms with van der Waals surface area (Å²) in [6.07, 6.45) is 4.07. The molecule has 1 aromatic heterocycles. The molecule has 1 fully saturated rings. The molecule has 0 amide bonds. The quantitative estimate of drug-likeness (QED) is 0.672. The number of rotatable bonds is 5. The lowest BCUT2D eigenvalue weighted by Crippen LogP contribution is -2.34. The van der Waals surface area contributed by atoms with Crippen LogP contribution in [0.4, 0.5) is 0 Å². The number of nitrogens with one attached hydrogen (secondary N) is 1. The van der Waals surface area contributed by atoms with Crippen LogP contribution in [0.25, 0.3) is 10.9 Å². The Hall–Kier alpha value is -2.11. The van der Waals surface area contributed by atoms with Gasteiger partial charge in [-0.25, -0.2) is 12.7 Å². The van der Waals surface area contributed by atoms with E-state index in [0.717, 1.165) is 23.9 Å². The van der Waals surface area contributed by atoms with Crippen LogP contribution >= 0.6 is 0 Å². The van der Waals surface area contributed by atoms with E-state index in [0.29, 0.717) is 11.4 Å². The predicted octanol–water partition coefficient (Wildman–Crippen LogP) is 4.82. The summed E-state index contributed by atoms with van der Waals surface area (Å²) in [7, 11) is -1.82. The van der Waals surface area contributed by atoms with Crippen LogP contribution in [0.2, 0.25) is 0 Å². The van der Waals surface area contributed by atoms with Crippen LogP contribution in [-0.4, -0.2) is 31.3 Å². The van der Waals surface area contributed by atoms with Crippen LogP contribution in [0.5, 0.6) is 0 Å². The number of sulfonamides is 1. The Morgan fingerprint density at radius 3 is 2.29 bits per heavy atom. The molecule has 0 spiro atoms. The Balaban J connectivity index is 1.60. The molecule has 5 heteroatoms. The molecule has 0 unspecified atom stereocenters. The molecule has 0 saturated heterocycles. The number of H-pyrrole nitrogens is 1. The molecule has 1 aliphatic carbocycles. The van der Waals surface area contributed by atoms with Crippen LogP contribution in [-0.2, 0) is 20.9 Å². The monoisotopic (exact) mass is 396 g/mol. The summed E-state index contributed by atoms with van der Waals surface area (Å²) in [4.78, 5) is 3.69. The zero-order chi connectivity index (χ0) is 20.2. The second kappa shape index (κ2) is 6.46. The van der Waals surface area contributed by atoms with Crippen molar-refractivity contribution >= 4 is 20.9 Å². The summed E-state index contributed by atoms with van der Waals surface area (Å²) in [6.45, 7) is 6.88. The molecule has 2 aromatic carbocycles. The lowest BCUT2D eigenvalue weighted by molar-refractivity contribution is 0.428. The smallest absolute Gasteiger partial charge is 0.242 e. The number of hydrogen-bond acceptors (Lipinski definition) is 2. The van der Waals surface area contributed by atoms with Crippen molar-refractivity contribution in [2.24, 2.45) is 0 Å². The van der Waals surface area contributed by atoms with Gasteiger partial charge in [0.2, 0.25) is 10.0 Å². The first-order valence-corrected chi connectivity index (χ1v) is 11.2. The normalized spacial score (nSPS) is 16.6. The lowest BCUT2D eigenvalue weighted by Gasteiger charge is -2.24. The Morgan fingerprint density at radius 2 is 1.68 bits per heavy atom. The fourth-order valence-electron chi connectivity index (χ4n) is 3.99. The van der Waals surface area contributed by atoms with Gasteiger partial charge in [-0.05, 0) is 47.6 Å². The summed E-state index contributed by atoms with van der Waals surface area (Å²) in [5.41, 5.74) is 3.38. The molecular formula is C23H28N2O2S. The number of likely N-dealkylation sites (N-methyl/N-ethyl adjacent to an activating group) is 1. The van der Waals surface area contributed by atoms with Crippen LogP contribution in [0.1, 0.15) is 44.7 Å². The van der Waals surface area contributed by atoms with Crippen LogP contribution in [0.3, 0.4) is 0 Å². The number of para-hydroxylation sites is 1. The fraction of sp³-hybridized carbons (Fsp3) is 0.391. The molecule has 0 bridgehead atoms.